The Morgan fingerprint density at radius 2 is 2.09 bits per heavy atom. The molecule has 0 bridgehead atoms. The van der Waals surface area contributed by atoms with Gasteiger partial charge in [0.25, 0.3) is 5.91 Å². The molecular formula is C27H32FN3O2S. The molecule has 2 N–H and O–H groups in total. The molecule has 0 aliphatic carbocycles. The molecule has 2 aromatic carbocycles. The third-order valence-electron chi connectivity index (χ3n) is 4.85. The van der Waals surface area contributed by atoms with Crippen LogP contribution in [0, 0.1) is 5.82 Å². The van der Waals surface area contributed by atoms with Gasteiger partial charge in [0, 0.05) is 41.1 Å². The van der Waals surface area contributed by atoms with Crippen LogP contribution in [0.3, 0.4) is 0 Å². The average Bonchev–Trinajstić information content (AvgIpc) is 2.85. The Bertz CT molecular complexity index is 1070. The molecule has 1 unspecified atom stereocenters. The molecule has 0 saturated carbocycles. The first-order valence-corrected chi connectivity index (χ1v) is 11.9. The van der Waals surface area contributed by atoms with Crippen molar-refractivity contribution in [3.8, 4) is 16.9 Å². The minimum atomic E-state index is -0.377. The first-order valence-electron chi connectivity index (χ1n) is 11.0. The lowest BCUT2D eigenvalue weighted by Gasteiger charge is -2.12. The van der Waals surface area contributed by atoms with Gasteiger partial charge in [0.05, 0.1) is 7.11 Å². The van der Waals surface area contributed by atoms with Crippen molar-refractivity contribution in [2.45, 2.75) is 25.5 Å². The van der Waals surface area contributed by atoms with Crippen LogP contribution < -0.4 is 14.8 Å². The van der Waals surface area contributed by atoms with Crippen LogP contribution >= 0.6 is 11.9 Å². The van der Waals surface area contributed by atoms with E-state index >= 15 is 0 Å². The van der Waals surface area contributed by atoms with Gasteiger partial charge in [-0.3, -0.25) is 9.79 Å². The van der Waals surface area contributed by atoms with Crippen molar-refractivity contribution >= 4 is 23.7 Å². The van der Waals surface area contributed by atoms with Crippen molar-refractivity contribution in [1.82, 2.24) is 10.0 Å². The van der Waals surface area contributed by atoms with E-state index in [9.17, 15) is 9.18 Å². The van der Waals surface area contributed by atoms with Crippen molar-refractivity contribution < 1.29 is 13.9 Å². The highest BCUT2D eigenvalue weighted by Crippen LogP contribution is 2.31. The number of carbonyl (C=O) groups excluding carboxylic acids is 1. The summed E-state index contributed by atoms with van der Waals surface area (Å²) in [6, 6.07) is 11.5. The smallest absolute Gasteiger partial charge is 0.251 e. The summed E-state index contributed by atoms with van der Waals surface area (Å²) in [5, 5.41) is 3.21. The molecule has 0 spiro atoms. The van der Waals surface area contributed by atoms with Gasteiger partial charge >= 0.3 is 0 Å². The van der Waals surface area contributed by atoms with Gasteiger partial charge in [0.1, 0.15) is 17.4 Å². The normalized spacial score (nSPS) is 12.3. The Hall–Kier alpha value is -3.32. The van der Waals surface area contributed by atoms with E-state index in [2.05, 4.69) is 41.2 Å². The highest BCUT2D eigenvalue weighted by atomic mass is 32.2. The zero-order valence-electron chi connectivity index (χ0n) is 19.9. The number of hydrogen-bond acceptors (Lipinski definition) is 4. The summed E-state index contributed by atoms with van der Waals surface area (Å²) in [6.07, 6.45) is 6.43. The van der Waals surface area contributed by atoms with Gasteiger partial charge in [-0.1, -0.05) is 43.5 Å². The third kappa shape index (κ3) is 8.23. The summed E-state index contributed by atoms with van der Waals surface area (Å²) in [4.78, 5) is 17.2. The molecule has 2 rings (SSSR count). The Morgan fingerprint density at radius 3 is 2.79 bits per heavy atom. The van der Waals surface area contributed by atoms with E-state index in [1.54, 1.807) is 42.3 Å². The minimum absolute atomic E-state index is 0.184. The largest absolute Gasteiger partial charge is 0.496 e. The molecule has 1 atom stereocenters. The maximum absolute atomic E-state index is 13.5. The van der Waals surface area contributed by atoms with Crippen LogP contribution in [0.4, 0.5) is 4.39 Å². The molecule has 180 valence electrons. The zero-order valence-corrected chi connectivity index (χ0v) is 20.8. The molecule has 0 heterocycles. The number of allylic oxidation sites excluding steroid dienone is 1. The molecule has 7 heteroatoms. The Kier molecular flexibility index (Phi) is 11.1. The van der Waals surface area contributed by atoms with Crippen molar-refractivity contribution in [2.75, 3.05) is 20.2 Å². The molecule has 0 aromatic heterocycles. The quantitative estimate of drug-likeness (QED) is 0.0980. The highest BCUT2D eigenvalue weighted by molar-refractivity contribution is 7.98. The minimum Gasteiger partial charge on any atom is -0.496 e. The second-order valence-electron chi connectivity index (χ2n) is 7.45. The van der Waals surface area contributed by atoms with Crippen molar-refractivity contribution in [2.24, 2.45) is 4.99 Å². The fourth-order valence-corrected chi connectivity index (χ4v) is 3.79. The van der Waals surface area contributed by atoms with Crippen LogP contribution in [-0.2, 0) is 0 Å². The molecule has 0 saturated heterocycles. The Balaban J connectivity index is 1.94. The molecule has 0 aliphatic rings. The van der Waals surface area contributed by atoms with E-state index in [-0.39, 0.29) is 17.0 Å². The standard InChI is InChI=1S/C27H32FN3O2S/c1-6-10-20(4)34-31-26(19(3)7-2)29-15-9-16-30-27(32)22-12-8-11-21(17-22)24-14-13-23(28)18-25(24)33-5/h6-8,10-14,17-18,20H,2-3,9,15-16H2,1,4-5H3,(H,29,31)(H,30,32)/b10-6-. The van der Waals surface area contributed by atoms with Crippen molar-refractivity contribution in [1.29, 1.82) is 0 Å². The fourth-order valence-electron chi connectivity index (χ4n) is 3.06. The number of halogens is 1. The number of rotatable bonds is 12. The van der Waals surface area contributed by atoms with Gasteiger partial charge in [-0.2, -0.15) is 0 Å². The molecule has 5 nitrogen and oxygen atoms in total. The predicted molar refractivity (Wildman–Crippen MR) is 142 cm³/mol. The van der Waals surface area contributed by atoms with E-state index in [1.807, 2.05) is 19.1 Å². The van der Waals surface area contributed by atoms with Crippen LogP contribution in [0.25, 0.3) is 11.1 Å². The summed E-state index contributed by atoms with van der Waals surface area (Å²) in [5.41, 5.74) is 2.73. The van der Waals surface area contributed by atoms with E-state index in [0.717, 1.165) is 16.7 Å². The molecule has 0 radical (unpaired) electrons. The lowest BCUT2D eigenvalue weighted by Crippen LogP contribution is -2.25. The molecule has 0 fully saturated rings. The lowest BCUT2D eigenvalue weighted by atomic mass is 10.0. The van der Waals surface area contributed by atoms with Crippen molar-refractivity contribution in [3.63, 3.8) is 0 Å². The van der Waals surface area contributed by atoms with Gasteiger partial charge in [-0.15, -0.1) is 0 Å². The number of amidine groups is 1. The number of nitrogens with zero attached hydrogens (tertiary/aromatic N) is 1. The summed E-state index contributed by atoms with van der Waals surface area (Å²) in [6.45, 7) is 12.8. The van der Waals surface area contributed by atoms with E-state index in [0.29, 0.717) is 36.7 Å². The topological polar surface area (TPSA) is 62.7 Å². The zero-order chi connectivity index (χ0) is 24.9. The van der Waals surface area contributed by atoms with E-state index in [4.69, 9.17) is 4.74 Å². The van der Waals surface area contributed by atoms with Crippen LogP contribution in [0.15, 0.2) is 84.4 Å². The monoisotopic (exact) mass is 481 g/mol. The van der Waals surface area contributed by atoms with Crippen LogP contribution in [-0.4, -0.2) is 37.2 Å². The molecular weight excluding hydrogens is 449 g/mol. The summed E-state index contributed by atoms with van der Waals surface area (Å²) in [5.74, 6) is 0.539. The van der Waals surface area contributed by atoms with E-state index in [1.165, 1.54) is 19.2 Å². The van der Waals surface area contributed by atoms with Crippen LogP contribution in [0.1, 0.15) is 30.6 Å². The molecule has 0 aliphatic heterocycles. The van der Waals surface area contributed by atoms with E-state index < -0.39 is 0 Å². The molecule has 1 amide bonds. The van der Waals surface area contributed by atoms with Gasteiger partial charge in [-0.25, -0.2) is 4.39 Å². The van der Waals surface area contributed by atoms with Crippen LogP contribution in [0.5, 0.6) is 5.75 Å². The molecule has 2 aromatic rings. The number of aliphatic imine (C=N–C) groups is 1. The highest BCUT2D eigenvalue weighted by Gasteiger charge is 2.11. The van der Waals surface area contributed by atoms with Gasteiger partial charge < -0.3 is 14.8 Å². The van der Waals surface area contributed by atoms with Crippen molar-refractivity contribution in [3.05, 3.63) is 90.8 Å². The van der Waals surface area contributed by atoms with Gasteiger partial charge in [-0.05, 0) is 62.0 Å². The number of carbonyl (C=O) groups is 1. The average molecular weight is 482 g/mol. The lowest BCUT2D eigenvalue weighted by molar-refractivity contribution is 0.0953. The first-order chi connectivity index (χ1) is 16.4. The maximum atomic E-state index is 13.5. The summed E-state index contributed by atoms with van der Waals surface area (Å²) < 4.78 is 22.0. The number of nitrogens with one attached hydrogen (secondary N) is 2. The second-order valence-corrected chi connectivity index (χ2v) is 8.63. The maximum Gasteiger partial charge on any atom is 0.251 e. The van der Waals surface area contributed by atoms with Gasteiger partial charge in [0.15, 0.2) is 0 Å². The van der Waals surface area contributed by atoms with Crippen LogP contribution in [0.2, 0.25) is 0 Å². The number of methoxy groups -OCH3 is 1. The number of ether oxygens (including phenoxy) is 1. The number of hydrogen-bond donors (Lipinski definition) is 2. The third-order valence-corrected chi connectivity index (χ3v) is 5.69. The summed E-state index contributed by atoms with van der Waals surface area (Å²) >= 11 is 1.55. The second kappa shape index (κ2) is 14.1. The molecule has 34 heavy (non-hydrogen) atoms. The van der Waals surface area contributed by atoms with Gasteiger partial charge in [0.2, 0.25) is 0 Å². The fraction of sp³-hybridized carbons (Fsp3) is 0.259. The Labute approximate surface area is 206 Å². The Morgan fingerprint density at radius 1 is 1.29 bits per heavy atom. The number of benzene rings is 2. The SMILES string of the molecule is C=CC(=C)C(=NCCCNC(=O)c1cccc(-c2ccc(F)cc2OC)c1)NSC(C)/C=C\C. The first kappa shape index (κ1) is 26.9. The predicted octanol–water partition coefficient (Wildman–Crippen LogP) is 5.96. The number of amides is 1. The summed E-state index contributed by atoms with van der Waals surface area (Å²) in [7, 11) is 1.49.